The van der Waals surface area contributed by atoms with Gasteiger partial charge in [-0.05, 0) is 42.7 Å². The lowest BCUT2D eigenvalue weighted by Crippen LogP contribution is -2.45. The number of carbonyl (C=O) groups excluding carboxylic acids is 1. The van der Waals surface area contributed by atoms with Crippen LogP contribution in [-0.2, 0) is 27.5 Å². The molecule has 4 aromatic rings. The molecule has 0 saturated carbocycles. The van der Waals surface area contributed by atoms with Crippen LogP contribution in [0.5, 0.6) is 0 Å². The number of fused-ring (bicyclic) bond motifs is 1. The van der Waals surface area contributed by atoms with E-state index >= 15 is 0 Å². The maximum Gasteiger partial charge on any atom is 0.435 e. The van der Waals surface area contributed by atoms with E-state index in [0.29, 0.717) is 29.4 Å². The van der Waals surface area contributed by atoms with Gasteiger partial charge in [-0.1, -0.05) is 18.2 Å². The van der Waals surface area contributed by atoms with E-state index in [4.69, 9.17) is 4.42 Å². The van der Waals surface area contributed by atoms with Crippen molar-refractivity contribution in [3.05, 3.63) is 66.0 Å². The fourth-order valence-electron chi connectivity index (χ4n) is 4.13. The summed E-state index contributed by atoms with van der Waals surface area (Å²) in [5, 5.41) is 8.71. The van der Waals surface area contributed by atoms with E-state index < -0.39 is 33.8 Å². The number of para-hydroxylation sites is 1. The van der Waals surface area contributed by atoms with Crippen LogP contribution in [0.2, 0.25) is 0 Å². The van der Waals surface area contributed by atoms with E-state index in [0.717, 1.165) is 10.4 Å². The van der Waals surface area contributed by atoms with E-state index in [9.17, 15) is 26.4 Å². The number of nitrogens with one attached hydrogen (secondary N) is 2. The van der Waals surface area contributed by atoms with Gasteiger partial charge >= 0.3 is 6.18 Å². The van der Waals surface area contributed by atoms with Crippen molar-refractivity contribution in [3.63, 3.8) is 0 Å². The molecule has 1 aliphatic rings. The maximum absolute atomic E-state index is 13.2. The van der Waals surface area contributed by atoms with Gasteiger partial charge in [0.25, 0.3) is 10.0 Å². The topological polar surface area (TPSA) is 121 Å². The van der Waals surface area contributed by atoms with Gasteiger partial charge in [-0.2, -0.15) is 22.6 Å². The number of sulfonamides is 1. The number of amides is 1. The molecule has 1 aromatic carbocycles. The summed E-state index contributed by atoms with van der Waals surface area (Å²) in [5.74, 6) is -0.480. The summed E-state index contributed by atoms with van der Waals surface area (Å²) < 4.78 is 71.6. The lowest BCUT2D eigenvalue weighted by Gasteiger charge is -2.22. The molecule has 4 heterocycles. The van der Waals surface area contributed by atoms with Gasteiger partial charge in [-0.3, -0.25) is 14.9 Å². The number of halogens is 3. The lowest BCUT2D eigenvalue weighted by atomic mass is 10.1. The van der Waals surface area contributed by atoms with Crippen LogP contribution in [0.3, 0.4) is 0 Å². The molecule has 5 rings (SSSR count). The molecule has 188 valence electrons. The minimum atomic E-state index is -4.59. The molecule has 1 saturated heterocycles. The van der Waals surface area contributed by atoms with Gasteiger partial charge in [0.2, 0.25) is 11.0 Å². The van der Waals surface area contributed by atoms with E-state index in [1.54, 1.807) is 30.3 Å². The van der Waals surface area contributed by atoms with Gasteiger partial charge in [-0.15, -0.1) is 0 Å². The standard InChI is InChI=1S/C23H20F3N5O4S/c24-23(25,26)20-12-17(29-30-20)16-10-14(7-8-27-16)13-28-22(32)18-5-3-9-31(18)36(33,34)21-11-15-4-1-2-6-19(15)35-21/h1-2,4,6-8,10-12,18H,3,5,9,13H2,(H,28,32)(H,29,30)/t18-/m0/s1. The Bertz CT molecular complexity index is 1500. The van der Waals surface area contributed by atoms with Crippen LogP contribution in [0.25, 0.3) is 22.4 Å². The summed E-state index contributed by atoms with van der Waals surface area (Å²) in [5.41, 5.74) is 0.240. The fourth-order valence-corrected chi connectivity index (χ4v) is 5.73. The Labute approximate surface area is 203 Å². The first kappa shape index (κ1) is 24.0. The number of H-pyrrole nitrogens is 1. The Morgan fingerprint density at radius 2 is 2.00 bits per heavy atom. The number of aromatic nitrogens is 3. The number of hydrogen-bond donors (Lipinski definition) is 2. The Morgan fingerprint density at radius 1 is 1.19 bits per heavy atom. The molecule has 1 aliphatic heterocycles. The molecule has 0 radical (unpaired) electrons. The number of carbonyl (C=O) groups is 1. The fraction of sp³-hybridized carbons (Fsp3) is 0.261. The molecule has 2 N–H and O–H groups in total. The molecular formula is C23H20F3N5O4S. The van der Waals surface area contributed by atoms with Crippen molar-refractivity contribution in [2.24, 2.45) is 0 Å². The number of benzene rings is 1. The largest absolute Gasteiger partial charge is 0.443 e. The monoisotopic (exact) mass is 519 g/mol. The second-order valence-electron chi connectivity index (χ2n) is 8.31. The van der Waals surface area contributed by atoms with Crippen molar-refractivity contribution >= 4 is 26.9 Å². The van der Waals surface area contributed by atoms with Crippen molar-refractivity contribution in [2.45, 2.75) is 36.7 Å². The summed E-state index contributed by atoms with van der Waals surface area (Å²) in [4.78, 5) is 17.0. The Balaban J connectivity index is 1.29. The second-order valence-corrected chi connectivity index (χ2v) is 10.1. The molecular weight excluding hydrogens is 499 g/mol. The number of nitrogens with zero attached hydrogens (tertiary/aromatic N) is 3. The highest BCUT2D eigenvalue weighted by Crippen LogP contribution is 2.31. The van der Waals surface area contributed by atoms with Crippen molar-refractivity contribution in [3.8, 4) is 11.4 Å². The van der Waals surface area contributed by atoms with E-state index in [1.165, 1.54) is 18.3 Å². The van der Waals surface area contributed by atoms with E-state index in [1.807, 2.05) is 0 Å². The summed E-state index contributed by atoms with van der Waals surface area (Å²) in [7, 11) is -4.04. The molecule has 0 unspecified atom stereocenters. The molecule has 36 heavy (non-hydrogen) atoms. The van der Waals surface area contributed by atoms with Gasteiger partial charge in [0.15, 0.2) is 5.69 Å². The first-order valence-electron chi connectivity index (χ1n) is 11.0. The third-order valence-corrected chi connectivity index (χ3v) is 7.67. The molecule has 1 fully saturated rings. The van der Waals surface area contributed by atoms with Gasteiger partial charge in [0, 0.05) is 30.7 Å². The predicted molar refractivity (Wildman–Crippen MR) is 122 cm³/mol. The number of rotatable bonds is 6. The van der Waals surface area contributed by atoms with Crippen LogP contribution in [0.4, 0.5) is 13.2 Å². The van der Waals surface area contributed by atoms with Gasteiger partial charge < -0.3 is 9.73 Å². The normalized spacial score (nSPS) is 17.0. The van der Waals surface area contributed by atoms with E-state index in [2.05, 4.69) is 20.5 Å². The number of aromatic amines is 1. The maximum atomic E-state index is 13.2. The molecule has 1 atom stereocenters. The zero-order valence-corrected chi connectivity index (χ0v) is 19.4. The summed E-state index contributed by atoms with van der Waals surface area (Å²) in [6.45, 7) is 0.210. The first-order valence-corrected chi connectivity index (χ1v) is 12.4. The van der Waals surface area contributed by atoms with Gasteiger partial charge in [0.1, 0.15) is 11.6 Å². The average Bonchev–Trinajstić information content (AvgIpc) is 3.61. The minimum Gasteiger partial charge on any atom is -0.443 e. The molecule has 0 aliphatic carbocycles. The van der Waals surface area contributed by atoms with Crippen molar-refractivity contribution < 1.29 is 30.8 Å². The third-order valence-electron chi connectivity index (χ3n) is 5.91. The van der Waals surface area contributed by atoms with Gasteiger partial charge in [-0.25, -0.2) is 8.42 Å². The minimum absolute atomic E-state index is 0.0314. The predicted octanol–water partition coefficient (Wildman–Crippen LogP) is 3.71. The second kappa shape index (κ2) is 9.06. The molecule has 0 bridgehead atoms. The Morgan fingerprint density at radius 3 is 2.75 bits per heavy atom. The van der Waals surface area contributed by atoms with Crippen molar-refractivity contribution in [2.75, 3.05) is 6.54 Å². The highest BCUT2D eigenvalue weighted by atomic mass is 32.2. The molecule has 3 aromatic heterocycles. The van der Waals surface area contributed by atoms with Crippen LogP contribution in [0.1, 0.15) is 24.1 Å². The first-order chi connectivity index (χ1) is 17.1. The van der Waals surface area contributed by atoms with Gasteiger partial charge in [0.05, 0.1) is 11.4 Å². The third kappa shape index (κ3) is 4.58. The van der Waals surface area contributed by atoms with Crippen LogP contribution in [-0.4, -0.2) is 46.4 Å². The average molecular weight is 520 g/mol. The number of hydrogen-bond acceptors (Lipinski definition) is 6. The molecule has 0 spiro atoms. The van der Waals surface area contributed by atoms with Crippen molar-refractivity contribution in [1.82, 2.24) is 24.8 Å². The lowest BCUT2D eigenvalue weighted by molar-refractivity contribution is -0.141. The summed E-state index contributed by atoms with van der Waals surface area (Å²) in [6.07, 6.45) is -2.32. The van der Waals surface area contributed by atoms with Crippen LogP contribution < -0.4 is 5.32 Å². The molecule has 9 nitrogen and oxygen atoms in total. The zero-order chi connectivity index (χ0) is 25.5. The molecule has 1 amide bonds. The summed E-state index contributed by atoms with van der Waals surface area (Å²) >= 11 is 0. The smallest absolute Gasteiger partial charge is 0.435 e. The summed E-state index contributed by atoms with van der Waals surface area (Å²) in [6, 6.07) is 11.4. The Hall–Kier alpha value is -3.71. The number of furan rings is 1. The van der Waals surface area contributed by atoms with Crippen LogP contribution in [0, 0.1) is 0 Å². The quantitative estimate of drug-likeness (QED) is 0.401. The SMILES string of the molecule is O=C(NCc1ccnc(-c2cc(C(F)(F)F)n[nH]2)c1)[C@@H]1CCCN1S(=O)(=O)c1cc2ccccc2o1. The van der Waals surface area contributed by atoms with Crippen LogP contribution >= 0.6 is 0 Å². The zero-order valence-electron chi connectivity index (χ0n) is 18.6. The number of alkyl halides is 3. The van der Waals surface area contributed by atoms with Crippen LogP contribution in [0.15, 0.2) is 64.2 Å². The Kier molecular flexibility index (Phi) is 6.04. The highest BCUT2D eigenvalue weighted by molar-refractivity contribution is 7.89. The van der Waals surface area contributed by atoms with E-state index in [-0.39, 0.29) is 29.6 Å². The highest BCUT2D eigenvalue weighted by Gasteiger charge is 2.41. The number of pyridine rings is 1. The van der Waals surface area contributed by atoms with Crippen molar-refractivity contribution in [1.29, 1.82) is 0 Å². The molecule has 13 heteroatoms.